The number of carbonyl (C=O) groups excluding carboxylic acids is 1. The Labute approximate surface area is 351 Å². The van der Waals surface area contributed by atoms with E-state index in [0.717, 1.165) is 44.9 Å². The highest BCUT2D eigenvalue weighted by atomic mass is 31.2. The summed E-state index contributed by atoms with van der Waals surface area (Å²) >= 11 is 0. The van der Waals surface area contributed by atoms with Gasteiger partial charge in [0.2, 0.25) is 5.91 Å². The van der Waals surface area contributed by atoms with Crippen LogP contribution in [0.3, 0.4) is 0 Å². The molecule has 8 atom stereocenters. The maximum absolute atomic E-state index is 13.0. The molecule has 344 valence electrons. The van der Waals surface area contributed by atoms with Crippen molar-refractivity contribution in [3.05, 3.63) is 12.2 Å². The van der Waals surface area contributed by atoms with E-state index in [0.29, 0.717) is 12.8 Å². The Bertz CT molecular complexity index is 1050. The van der Waals surface area contributed by atoms with Crippen LogP contribution in [0.25, 0.3) is 0 Å². The number of nitrogens with one attached hydrogen (secondary N) is 1. The van der Waals surface area contributed by atoms with Crippen molar-refractivity contribution in [2.75, 3.05) is 6.61 Å². The van der Waals surface area contributed by atoms with Crippen molar-refractivity contribution in [3.8, 4) is 0 Å². The number of aliphatic hydroxyl groups is 7. The number of hydrogen-bond donors (Lipinski definition) is 9. The van der Waals surface area contributed by atoms with Crippen LogP contribution in [0.5, 0.6) is 0 Å². The number of amides is 1. The Morgan fingerprint density at radius 3 is 1.41 bits per heavy atom. The van der Waals surface area contributed by atoms with Crippen LogP contribution >= 0.6 is 7.82 Å². The molecule has 0 bridgehead atoms. The molecule has 9 N–H and O–H groups in total. The largest absolute Gasteiger partial charge is 0.472 e. The van der Waals surface area contributed by atoms with Gasteiger partial charge in [0.15, 0.2) is 0 Å². The summed E-state index contributed by atoms with van der Waals surface area (Å²) in [7, 11) is -5.13. The van der Waals surface area contributed by atoms with Crippen molar-refractivity contribution in [1.29, 1.82) is 0 Å². The second-order valence-electron chi connectivity index (χ2n) is 16.8. The van der Waals surface area contributed by atoms with Crippen molar-refractivity contribution in [1.82, 2.24) is 5.32 Å². The van der Waals surface area contributed by atoms with Crippen LogP contribution in [0.4, 0.5) is 0 Å². The van der Waals surface area contributed by atoms with Gasteiger partial charge in [0.1, 0.15) is 36.6 Å². The smallest absolute Gasteiger partial charge is 0.393 e. The Kier molecular flexibility index (Phi) is 32.9. The van der Waals surface area contributed by atoms with Gasteiger partial charge in [-0.3, -0.25) is 13.8 Å². The number of carbonyl (C=O) groups is 1. The Hall–Kier alpha value is -0.960. The minimum Gasteiger partial charge on any atom is -0.393 e. The highest BCUT2D eigenvalue weighted by Crippen LogP contribution is 2.47. The van der Waals surface area contributed by atoms with E-state index in [1.807, 2.05) is 0 Å². The Morgan fingerprint density at radius 1 is 0.603 bits per heavy atom. The summed E-state index contributed by atoms with van der Waals surface area (Å²) in [5, 5.41) is 74.4. The van der Waals surface area contributed by atoms with Crippen LogP contribution in [0.15, 0.2) is 12.2 Å². The fourth-order valence-corrected chi connectivity index (χ4v) is 8.50. The predicted molar refractivity (Wildman–Crippen MR) is 229 cm³/mol. The molecular formula is C44H86NO12P. The lowest BCUT2D eigenvalue weighted by molar-refractivity contribution is -0.220. The normalized spacial score (nSPS) is 23.8. The zero-order valence-corrected chi connectivity index (χ0v) is 37.1. The lowest BCUT2D eigenvalue weighted by Crippen LogP contribution is -2.64. The second-order valence-corrected chi connectivity index (χ2v) is 18.2. The molecule has 1 aliphatic rings. The summed E-state index contributed by atoms with van der Waals surface area (Å²) in [6.45, 7) is 3.73. The van der Waals surface area contributed by atoms with Crippen molar-refractivity contribution < 1.29 is 59.0 Å². The molecule has 8 unspecified atom stereocenters. The molecule has 1 aliphatic carbocycles. The average molecular weight is 852 g/mol. The van der Waals surface area contributed by atoms with Gasteiger partial charge in [0.05, 0.1) is 31.3 Å². The first-order chi connectivity index (χ1) is 27.8. The average Bonchev–Trinajstić information content (AvgIpc) is 3.19. The quantitative estimate of drug-likeness (QED) is 0.0168. The van der Waals surface area contributed by atoms with Crippen LogP contribution in [0.2, 0.25) is 0 Å². The van der Waals surface area contributed by atoms with E-state index in [4.69, 9.17) is 9.05 Å². The molecule has 1 saturated carbocycles. The van der Waals surface area contributed by atoms with Crippen LogP contribution in [-0.2, 0) is 18.4 Å². The predicted octanol–water partition coefficient (Wildman–Crippen LogP) is 7.42. The standard InChI is InChI=1S/C44H86NO12P/c1-3-5-7-9-11-13-15-17-18-20-21-23-25-27-29-31-35(46)33-38(48)45-36(37(47)32-30-28-26-24-22-19-16-14-12-10-8-6-4-2)34-56-58(54,55)57-44-42(52)40(50)39(49)41(51)43(44)53/h30,32,35-37,39-44,46-47,49-53H,3-29,31,33-34H2,1-2H3,(H,45,48)(H,54,55)/b32-30+. The first-order valence-electron chi connectivity index (χ1n) is 23.2. The molecule has 1 rings (SSSR count). The summed E-state index contributed by atoms with van der Waals surface area (Å²) in [4.78, 5) is 23.4. The molecule has 0 aromatic carbocycles. The third kappa shape index (κ3) is 26.4. The maximum Gasteiger partial charge on any atom is 0.472 e. The highest BCUT2D eigenvalue weighted by Gasteiger charge is 2.51. The van der Waals surface area contributed by atoms with Crippen molar-refractivity contribution in [2.45, 2.75) is 255 Å². The van der Waals surface area contributed by atoms with Gasteiger partial charge in [-0.1, -0.05) is 187 Å². The summed E-state index contributed by atoms with van der Waals surface area (Å²) in [6.07, 6.45) is 21.6. The SMILES string of the molecule is CCCCCCCCCCCCC/C=C/C(O)C(COP(=O)(O)OC1C(O)C(O)C(O)C(O)C1O)NC(=O)CC(O)CCCCCCCCCCCCCCCCC. The molecule has 0 spiro atoms. The van der Waals surface area contributed by atoms with Gasteiger partial charge in [-0.15, -0.1) is 0 Å². The van der Waals surface area contributed by atoms with Crippen LogP contribution in [-0.4, -0.2) is 108 Å². The third-order valence-electron chi connectivity index (χ3n) is 11.4. The van der Waals surface area contributed by atoms with Crippen molar-refractivity contribution in [3.63, 3.8) is 0 Å². The zero-order valence-electron chi connectivity index (χ0n) is 36.2. The summed E-state index contributed by atoms with van der Waals surface area (Å²) in [6, 6.07) is -1.23. The summed E-state index contributed by atoms with van der Waals surface area (Å²) in [5.74, 6) is -0.591. The van der Waals surface area contributed by atoms with E-state index in [2.05, 4.69) is 19.2 Å². The molecule has 0 saturated heterocycles. The van der Waals surface area contributed by atoms with Gasteiger partial charge < -0.3 is 46.0 Å². The summed E-state index contributed by atoms with van der Waals surface area (Å²) < 4.78 is 22.8. The third-order valence-corrected chi connectivity index (χ3v) is 12.4. The first-order valence-corrected chi connectivity index (χ1v) is 24.7. The molecule has 0 aromatic rings. The summed E-state index contributed by atoms with van der Waals surface area (Å²) in [5.41, 5.74) is 0. The molecular weight excluding hydrogens is 765 g/mol. The molecule has 0 aromatic heterocycles. The number of rotatable bonds is 38. The minimum atomic E-state index is -5.13. The first kappa shape index (κ1) is 55.1. The number of phosphoric acid groups is 1. The van der Waals surface area contributed by atoms with Gasteiger partial charge in [-0.25, -0.2) is 4.57 Å². The van der Waals surface area contributed by atoms with E-state index < -0.39 is 75.2 Å². The maximum atomic E-state index is 13.0. The molecule has 13 nitrogen and oxygen atoms in total. The van der Waals surface area contributed by atoms with Crippen molar-refractivity contribution >= 4 is 13.7 Å². The van der Waals surface area contributed by atoms with Gasteiger partial charge >= 0.3 is 7.82 Å². The molecule has 0 radical (unpaired) electrons. The molecule has 1 fully saturated rings. The van der Waals surface area contributed by atoms with Gasteiger partial charge in [-0.2, -0.15) is 0 Å². The molecule has 0 heterocycles. The van der Waals surface area contributed by atoms with Crippen LogP contribution in [0, 0.1) is 0 Å². The lowest BCUT2D eigenvalue weighted by atomic mass is 9.85. The number of allylic oxidation sites excluding steroid dienone is 1. The monoisotopic (exact) mass is 852 g/mol. The lowest BCUT2D eigenvalue weighted by Gasteiger charge is -2.41. The van der Waals surface area contributed by atoms with E-state index in [9.17, 15) is 50.0 Å². The second kappa shape index (κ2) is 34.6. The van der Waals surface area contributed by atoms with Crippen LogP contribution in [0.1, 0.15) is 200 Å². The van der Waals surface area contributed by atoms with Crippen molar-refractivity contribution in [2.24, 2.45) is 0 Å². The van der Waals surface area contributed by atoms with Crippen LogP contribution < -0.4 is 5.32 Å². The molecule has 1 amide bonds. The Balaban J connectivity index is 2.54. The van der Waals surface area contributed by atoms with E-state index in [1.165, 1.54) is 128 Å². The number of unbranched alkanes of at least 4 members (excludes halogenated alkanes) is 25. The molecule has 14 heteroatoms. The van der Waals surface area contributed by atoms with E-state index >= 15 is 0 Å². The van der Waals surface area contributed by atoms with Gasteiger partial charge in [-0.05, 0) is 19.3 Å². The molecule has 58 heavy (non-hydrogen) atoms. The topological polar surface area (TPSA) is 226 Å². The van der Waals surface area contributed by atoms with Gasteiger partial charge in [0.25, 0.3) is 0 Å². The minimum absolute atomic E-state index is 0.240. The number of aliphatic hydroxyl groups excluding tert-OH is 7. The van der Waals surface area contributed by atoms with Gasteiger partial charge in [0, 0.05) is 0 Å². The highest BCUT2D eigenvalue weighted by molar-refractivity contribution is 7.47. The Morgan fingerprint density at radius 2 is 0.983 bits per heavy atom. The number of phosphoric ester groups is 1. The van der Waals surface area contributed by atoms with E-state index in [-0.39, 0.29) is 6.42 Å². The fraction of sp³-hybridized carbons (Fsp3) is 0.932. The number of hydrogen-bond acceptors (Lipinski definition) is 11. The fourth-order valence-electron chi connectivity index (χ4n) is 7.54. The van der Waals surface area contributed by atoms with E-state index in [1.54, 1.807) is 6.08 Å². The zero-order chi connectivity index (χ0) is 43.0. The molecule has 0 aliphatic heterocycles.